The van der Waals surface area contributed by atoms with E-state index in [0.717, 1.165) is 24.0 Å². The largest absolute Gasteiger partial charge is 0.294 e. The first-order valence-corrected chi connectivity index (χ1v) is 7.58. The lowest BCUT2D eigenvalue weighted by Gasteiger charge is -2.05. The first-order chi connectivity index (χ1) is 10.2. The topological polar surface area (TPSA) is 17.1 Å². The Kier molecular flexibility index (Phi) is 5.51. The van der Waals surface area contributed by atoms with Gasteiger partial charge >= 0.3 is 0 Å². The molecule has 0 amide bonds. The third-order valence-electron chi connectivity index (χ3n) is 3.61. The SMILES string of the molecule is C=CCCC(=O)c1ccc(-c2ccc(CCC)cc2)cc1. The smallest absolute Gasteiger partial charge is 0.163 e. The number of carbonyl (C=O) groups excluding carboxylic acids is 1. The van der Waals surface area contributed by atoms with Crippen molar-refractivity contribution in [3.8, 4) is 11.1 Å². The van der Waals surface area contributed by atoms with Gasteiger partial charge in [0.2, 0.25) is 0 Å². The number of aryl methyl sites for hydroxylation is 1. The van der Waals surface area contributed by atoms with Gasteiger partial charge in [0, 0.05) is 12.0 Å². The van der Waals surface area contributed by atoms with Crippen LogP contribution in [0.1, 0.15) is 42.1 Å². The minimum atomic E-state index is 0.180. The summed E-state index contributed by atoms with van der Waals surface area (Å²) in [5.41, 5.74) is 4.50. The molecule has 2 rings (SSSR count). The van der Waals surface area contributed by atoms with E-state index in [1.54, 1.807) is 6.08 Å². The van der Waals surface area contributed by atoms with Gasteiger partial charge < -0.3 is 0 Å². The lowest BCUT2D eigenvalue weighted by atomic mass is 9.99. The number of carbonyl (C=O) groups is 1. The fourth-order valence-corrected chi connectivity index (χ4v) is 2.38. The molecule has 108 valence electrons. The number of hydrogen-bond acceptors (Lipinski definition) is 1. The zero-order chi connectivity index (χ0) is 15.1. The highest BCUT2D eigenvalue weighted by molar-refractivity contribution is 5.96. The van der Waals surface area contributed by atoms with Gasteiger partial charge in [-0.05, 0) is 29.5 Å². The average Bonchev–Trinajstić information content (AvgIpc) is 2.54. The lowest BCUT2D eigenvalue weighted by molar-refractivity contribution is 0.0983. The number of rotatable bonds is 7. The standard InChI is InChI=1S/C20H22O/c1-3-5-7-20(21)19-14-12-18(13-15-19)17-10-8-16(6-4-2)9-11-17/h3,8-15H,1,4-7H2,2H3. The van der Waals surface area contributed by atoms with Crippen molar-refractivity contribution in [2.24, 2.45) is 0 Å². The van der Waals surface area contributed by atoms with Gasteiger partial charge in [0.05, 0.1) is 0 Å². The summed E-state index contributed by atoms with van der Waals surface area (Å²) in [5.74, 6) is 0.180. The molecule has 1 heteroatoms. The number of Topliss-reactive ketones (excluding diaryl/α,β-unsaturated/α-hetero) is 1. The van der Waals surface area contributed by atoms with Crippen molar-refractivity contribution in [2.45, 2.75) is 32.6 Å². The van der Waals surface area contributed by atoms with Gasteiger partial charge in [-0.15, -0.1) is 6.58 Å². The predicted molar refractivity (Wildman–Crippen MR) is 89.6 cm³/mol. The summed E-state index contributed by atoms with van der Waals surface area (Å²) in [6.45, 7) is 5.84. The van der Waals surface area contributed by atoms with E-state index in [1.807, 2.05) is 24.3 Å². The van der Waals surface area contributed by atoms with Crippen molar-refractivity contribution in [1.29, 1.82) is 0 Å². The van der Waals surface area contributed by atoms with Crippen molar-refractivity contribution < 1.29 is 4.79 Å². The summed E-state index contributed by atoms with van der Waals surface area (Å²) in [4.78, 5) is 11.9. The molecule has 0 heterocycles. The van der Waals surface area contributed by atoms with Gasteiger partial charge in [0.1, 0.15) is 0 Å². The Morgan fingerprint density at radius 1 is 1.00 bits per heavy atom. The maximum Gasteiger partial charge on any atom is 0.163 e. The molecule has 0 saturated carbocycles. The summed E-state index contributed by atoms with van der Waals surface area (Å²) in [6.07, 6.45) is 5.34. The Balaban J connectivity index is 2.11. The van der Waals surface area contributed by atoms with E-state index in [0.29, 0.717) is 6.42 Å². The van der Waals surface area contributed by atoms with E-state index in [4.69, 9.17) is 0 Å². The van der Waals surface area contributed by atoms with Crippen molar-refractivity contribution in [3.63, 3.8) is 0 Å². The molecule has 0 radical (unpaired) electrons. The van der Waals surface area contributed by atoms with E-state index in [2.05, 4.69) is 37.8 Å². The van der Waals surface area contributed by atoms with Gasteiger partial charge in [0.15, 0.2) is 5.78 Å². The molecule has 0 aromatic heterocycles. The lowest BCUT2D eigenvalue weighted by Crippen LogP contribution is -1.97. The third kappa shape index (κ3) is 4.16. The summed E-state index contributed by atoms with van der Waals surface area (Å²) in [5, 5.41) is 0. The highest BCUT2D eigenvalue weighted by atomic mass is 16.1. The van der Waals surface area contributed by atoms with Crippen LogP contribution in [0.15, 0.2) is 61.2 Å². The van der Waals surface area contributed by atoms with Crippen molar-refractivity contribution in [1.82, 2.24) is 0 Å². The molecule has 0 saturated heterocycles. The Morgan fingerprint density at radius 2 is 1.57 bits per heavy atom. The van der Waals surface area contributed by atoms with Gasteiger partial charge in [0.25, 0.3) is 0 Å². The van der Waals surface area contributed by atoms with Crippen LogP contribution < -0.4 is 0 Å². The number of allylic oxidation sites excluding steroid dienone is 1. The van der Waals surface area contributed by atoms with Crippen LogP contribution in [0.25, 0.3) is 11.1 Å². The maximum atomic E-state index is 11.9. The molecular weight excluding hydrogens is 256 g/mol. The van der Waals surface area contributed by atoms with Gasteiger partial charge in [-0.25, -0.2) is 0 Å². The van der Waals surface area contributed by atoms with Crippen LogP contribution >= 0.6 is 0 Å². The Hall–Kier alpha value is -2.15. The predicted octanol–water partition coefficient (Wildman–Crippen LogP) is 5.46. The minimum Gasteiger partial charge on any atom is -0.294 e. The van der Waals surface area contributed by atoms with Crippen LogP contribution in [0.4, 0.5) is 0 Å². The first kappa shape index (κ1) is 15.2. The van der Waals surface area contributed by atoms with Crippen LogP contribution in [0.3, 0.4) is 0 Å². The molecule has 0 aliphatic carbocycles. The Labute approximate surface area is 127 Å². The molecule has 0 fully saturated rings. The summed E-state index contributed by atoms with van der Waals surface area (Å²) >= 11 is 0. The molecule has 0 aliphatic heterocycles. The molecule has 2 aromatic carbocycles. The van der Waals surface area contributed by atoms with E-state index in [-0.39, 0.29) is 5.78 Å². The van der Waals surface area contributed by atoms with Gasteiger partial charge in [-0.3, -0.25) is 4.79 Å². The van der Waals surface area contributed by atoms with Gasteiger partial charge in [-0.2, -0.15) is 0 Å². The molecule has 0 spiro atoms. The van der Waals surface area contributed by atoms with Crippen molar-refractivity contribution >= 4 is 5.78 Å². The quantitative estimate of drug-likeness (QED) is 0.486. The van der Waals surface area contributed by atoms with E-state index >= 15 is 0 Å². The van der Waals surface area contributed by atoms with Crippen LogP contribution in [0.5, 0.6) is 0 Å². The molecule has 0 bridgehead atoms. The molecule has 0 N–H and O–H groups in total. The van der Waals surface area contributed by atoms with Crippen LogP contribution in [0, 0.1) is 0 Å². The number of benzene rings is 2. The first-order valence-electron chi connectivity index (χ1n) is 7.58. The molecule has 21 heavy (non-hydrogen) atoms. The number of hydrogen-bond donors (Lipinski definition) is 0. The second kappa shape index (κ2) is 7.58. The zero-order valence-corrected chi connectivity index (χ0v) is 12.6. The van der Waals surface area contributed by atoms with Crippen LogP contribution in [-0.4, -0.2) is 5.78 Å². The highest BCUT2D eigenvalue weighted by Gasteiger charge is 2.05. The third-order valence-corrected chi connectivity index (χ3v) is 3.61. The molecule has 2 aromatic rings. The van der Waals surface area contributed by atoms with Crippen molar-refractivity contribution in [2.75, 3.05) is 0 Å². The van der Waals surface area contributed by atoms with Crippen molar-refractivity contribution in [3.05, 3.63) is 72.3 Å². The summed E-state index contributed by atoms with van der Waals surface area (Å²) < 4.78 is 0. The zero-order valence-electron chi connectivity index (χ0n) is 12.6. The molecule has 0 atom stereocenters. The maximum absolute atomic E-state index is 11.9. The summed E-state index contributed by atoms with van der Waals surface area (Å²) in [7, 11) is 0. The van der Waals surface area contributed by atoms with E-state index < -0.39 is 0 Å². The fraction of sp³-hybridized carbons (Fsp3) is 0.250. The van der Waals surface area contributed by atoms with Crippen LogP contribution in [0.2, 0.25) is 0 Å². The molecule has 1 nitrogen and oxygen atoms in total. The second-order valence-electron chi connectivity index (χ2n) is 5.27. The summed E-state index contributed by atoms with van der Waals surface area (Å²) in [6, 6.07) is 16.6. The minimum absolute atomic E-state index is 0.180. The normalized spacial score (nSPS) is 10.3. The average molecular weight is 278 g/mol. The molecule has 0 unspecified atom stereocenters. The molecule has 0 aliphatic rings. The molecular formula is C20H22O. The second-order valence-corrected chi connectivity index (χ2v) is 5.27. The van der Waals surface area contributed by atoms with E-state index in [9.17, 15) is 4.79 Å². The Bertz CT molecular complexity index is 591. The fourth-order valence-electron chi connectivity index (χ4n) is 2.38. The monoisotopic (exact) mass is 278 g/mol. The van der Waals surface area contributed by atoms with Crippen LogP contribution in [-0.2, 0) is 6.42 Å². The number of ketones is 1. The van der Waals surface area contributed by atoms with Gasteiger partial charge in [-0.1, -0.05) is 68.0 Å². The highest BCUT2D eigenvalue weighted by Crippen LogP contribution is 2.21. The van der Waals surface area contributed by atoms with E-state index in [1.165, 1.54) is 17.5 Å². The Morgan fingerprint density at radius 3 is 2.10 bits per heavy atom.